The average Bonchev–Trinajstić information content (AvgIpc) is 2.81. The Morgan fingerprint density at radius 1 is 1.00 bits per heavy atom. The van der Waals surface area contributed by atoms with Crippen LogP contribution in [0.3, 0.4) is 0 Å². The van der Waals surface area contributed by atoms with E-state index < -0.39 is 0 Å². The van der Waals surface area contributed by atoms with Gasteiger partial charge < -0.3 is 15.5 Å². The second-order valence-electron chi connectivity index (χ2n) is 8.01. The molecule has 0 amide bonds. The molecule has 5 rings (SSSR count). The summed E-state index contributed by atoms with van der Waals surface area (Å²) in [6.07, 6.45) is 6.88. The molecule has 4 aromatic rings. The smallest absolute Gasteiger partial charge is 0.150 e. The van der Waals surface area contributed by atoms with Crippen LogP contribution in [0.4, 0.5) is 17.5 Å². The lowest BCUT2D eigenvalue weighted by atomic mass is 10.0. The maximum absolute atomic E-state index is 4.95. The summed E-state index contributed by atoms with van der Waals surface area (Å²) in [7, 11) is 0. The molecule has 31 heavy (non-hydrogen) atoms. The molecule has 0 radical (unpaired) electrons. The normalized spacial score (nSPS) is 18.8. The largest absolute Gasteiger partial charge is 0.351 e. The van der Waals surface area contributed by atoms with Gasteiger partial charge in [0.1, 0.15) is 17.5 Å². The Bertz CT molecular complexity index is 1190. The van der Waals surface area contributed by atoms with E-state index in [0.29, 0.717) is 17.9 Å². The minimum absolute atomic E-state index is 0.383. The predicted octanol–water partition coefficient (Wildman–Crippen LogP) is 4.02. The fourth-order valence-electron chi connectivity index (χ4n) is 4.04. The number of piperazine rings is 1. The number of pyridine rings is 2. The molecule has 1 saturated heterocycles. The van der Waals surface area contributed by atoms with Crippen LogP contribution in [0.1, 0.15) is 13.8 Å². The Labute approximate surface area is 181 Å². The van der Waals surface area contributed by atoms with Crippen molar-refractivity contribution in [3.05, 3.63) is 67.3 Å². The van der Waals surface area contributed by atoms with Gasteiger partial charge in [-0.05, 0) is 37.4 Å². The van der Waals surface area contributed by atoms with E-state index in [1.165, 1.54) is 0 Å². The lowest BCUT2D eigenvalue weighted by Crippen LogP contribution is -2.54. The van der Waals surface area contributed by atoms with E-state index in [1.807, 2.05) is 30.5 Å². The summed E-state index contributed by atoms with van der Waals surface area (Å²) in [6, 6.07) is 15.3. The highest BCUT2D eigenvalue weighted by molar-refractivity contribution is 5.96. The summed E-state index contributed by atoms with van der Waals surface area (Å²) in [5.74, 6) is 2.38. The van der Waals surface area contributed by atoms with E-state index in [9.17, 15) is 0 Å². The standard InChI is InChI=1S/C24H25N7/c1-16-15-31(17(2)13-28-16)23-12-19(7-8-27-23)24-20-6-4-3-5-18(20)11-21(30-24)29-22-14-25-9-10-26-22/h3-12,14,16-17,28H,13,15H2,1-2H3,(H,26,29,30)/t16-,17?/m1/s1. The van der Waals surface area contributed by atoms with Crippen LogP contribution in [0.15, 0.2) is 67.3 Å². The van der Waals surface area contributed by atoms with Gasteiger partial charge in [0.05, 0.1) is 11.9 Å². The molecular formula is C24H25N7. The topological polar surface area (TPSA) is 78.9 Å². The van der Waals surface area contributed by atoms with E-state index in [2.05, 4.69) is 62.5 Å². The highest BCUT2D eigenvalue weighted by atomic mass is 15.3. The summed E-state index contributed by atoms with van der Waals surface area (Å²) in [5.41, 5.74) is 1.96. The second-order valence-corrected chi connectivity index (χ2v) is 8.01. The minimum Gasteiger partial charge on any atom is -0.351 e. The second kappa shape index (κ2) is 8.28. The predicted molar refractivity (Wildman–Crippen MR) is 125 cm³/mol. The Kier molecular flexibility index (Phi) is 5.18. The Morgan fingerprint density at radius 3 is 2.77 bits per heavy atom. The van der Waals surface area contributed by atoms with Crippen molar-refractivity contribution in [1.29, 1.82) is 0 Å². The van der Waals surface area contributed by atoms with Gasteiger partial charge in [-0.1, -0.05) is 24.3 Å². The molecule has 4 heterocycles. The zero-order valence-corrected chi connectivity index (χ0v) is 17.7. The molecule has 1 aromatic carbocycles. The summed E-state index contributed by atoms with van der Waals surface area (Å²) >= 11 is 0. The van der Waals surface area contributed by atoms with Gasteiger partial charge >= 0.3 is 0 Å². The summed E-state index contributed by atoms with van der Waals surface area (Å²) < 4.78 is 0. The van der Waals surface area contributed by atoms with Crippen molar-refractivity contribution in [2.45, 2.75) is 25.9 Å². The van der Waals surface area contributed by atoms with Crippen molar-refractivity contribution in [3.63, 3.8) is 0 Å². The summed E-state index contributed by atoms with van der Waals surface area (Å²) in [5, 5.41) is 9.02. The number of nitrogens with zero attached hydrogens (tertiary/aromatic N) is 5. The molecule has 7 heteroatoms. The van der Waals surface area contributed by atoms with Gasteiger partial charge in [0.15, 0.2) is 0 Å². The SMILES string of the molecule is CC1CN[C@H](C)CN1c1cc(-c2nc(Nc3cnccn3)cc3ccccc23)ccn1. The molecule has 156 valence electrons. The minimum atomic E-state index is 0.383. The number of hydrogen-bond acceptors (Lipinski definition) is 7. The maximum atomic E-state index is 4.95. The number of hydrogen-bond donors (Lipinski definition) is 2. The van der Waals surface area contributed by atoms with E-state index in [0.717, 1.165) is 46.8 Å². The van der Waals surface area contributed by atoms with E-state index in [4.69, 9.17) is 4.98 Å². The van der Waals surface area contributed by atoms with Crippen LogP contribution in [0.5, 0.6) is 0 Å². The number of anilines is 3. The molecule has 7 nitrogen and oxygen atoms in total. The van der Waals surface area contributed by atoms with Gasteiger partial charge in [0.2, 0.25) is 0 Å². The van der Waals surface area contributed by atoms with Gasteiger partial charge in [0, 0.05) is 54.7 Å². The van der Waals surface area contributed by atoms with E-state index >= 15 is 0 Å². The summed E-state index contributed by atoms with van der Waals surface area (Å²) in [6.45, 7) is 6.32. The van der Waals surface area contributed by atoms with Crippen molar-refractivity contribution >= 4 is 28.2 Å². The fraction of sp³-hybridized carbons (Fsp3) is 0.250. The van der Waals surface area contributed by atoms with Crippen LogP contribution >= 0.6 is 0 Å². The zero-order valence-electron chi connectivity index (χ0n) is 17.7. The van der Waals surface area contributed by atoms with Crippen molar-refractivity contribution in [1.82, 2.24) is 25.3 Å². The van der Waals surface area contributed by atoms with Gasteiger partial charge in [0.25, 0.3) is 0 Å². The van der Waals surface area contributed by atoms with Gasteiger partial charge in [-0.3, -0.25) is 4.98 Å². The maximum Gasteiger partial charge on any atom is 0.150 e. The number of aromatic nitrogens is 4. The van der Waals surface area contributed by atoms with Gasteiger partial charge in [-0.25, -0.2) is 15.0 Å². The highest BCUT2D eigenvalue weighted by Crippen LogP contribution is 2.32. The summed E-state index contributed by atoms with van der Waals surface area (Å²) in [4.78, 5) is 20.4. The quantitative estimate of drug-likeness (QED) is 0.525. The monoisotopic (exact) mass is 411 g/mol. The molecular weight excluding hydrogens is 386 g/mol. The number of nitrogens with one attached hydrogen (secondary N) is 2. The Hall–Kier alpha value is -3.58. The van der Waals surface area contributed by atoms with Crippen LogP contribution in [-0.4, -0.2) is 45.1 Å². The molecule has 1 fully saturated rings. The van der Waals surface area contributed by atoms with Crippen molar-refractivity contribution < 1.29 is 0 Å². The molecule has 3 aromatic heterocycles. The first-order chi connectivity index (χ1) is 15.2. The zero-order chi connectivity index (χ0) is 21.2. The van der Waals surface area contributed by atoms with Crippen LogP contribution in [0, 0.1) is 0 Å². The van der Waals surface area contributed by atoms with Crippen LogP contribution in [0.2, 0.25) is 0 Å². The molecule has 1 aliphatic rings. The highest BCUT2D eigenvalue weighted by Gasteiger charge is 2.24. The van der Waals surface area contributed by atoms with Gasteiger partial charge in [-0.15, -0.1) is 0 Å². The fourth-order valence-corrected chi connectivity index (χ4v) is 4.04. The van der Waals surface area contributed by atoms with E-state index in [-0.39, 0.29) is 0 Å². The van der Waals surface area contributed by atoms with Crippen LogP contribution in [0.25, 0.3) is 22.0 Å². The van der Waals surface area contributed by atoms with Crippen LogP contribution < -0.4 is 15.5 Å². The molecule has 0 bridgehead atoms. The lowest BCUT2D eigenvalue weighted by molar-refractivity contribution is 0.422. The number of rotatable bonds is 4. The Morgan fingerprint density at radius 2 is 1.90 bits per heavy atom. The third-order valence-electron chi connectivity index (χ3n) is 5.64. The first kappa shape index (κ1) is 19.4. The van der Waals surface area contributed by atoms with Gasteiger partial charge in [-0.2, -0.15) is 0 Å². The van der Waals surface area contributed by atoms with Crippen molar-refractivity contribution in [2.24, 2.45) is 0 Å². The van der Waals surface area contributed by atoms with Crippen molar-refractivity contribution in [2.75, 3.05) is 23.3 Å². The first-order valence-corrected chi connectivity index (χ1v) is 10.6. The molecule has 2 atom stereocenters. The molecule has 1 aliphatic heterocycles. The lowest BCUT2D eigenvalue weighted by Gasteiger charge is -2.38. The van der Waals surface area contributed by atoms with Crippen LogP contribution in [-0.2, 0) is 0 Å². The number of benzene rings is 1. The van der Waals surface area contributed by atoms with E-state index in [1.54, 1.807) is 18.6 Å². The number of fused-ring (bicyclic) bond motifs is 1. The molecule has 0 spiro atoms. The van der Waals surface area contributed by atoms with Crippen molar-refractivity contribution in [3.8, 4) is 11.3 Å². The first-order valence-electron chi connectivity index (χ1n) is 10.6. The molecule has 2 N–H and O–H groups in total. The Balaban J connectivity index is 1.58. The average molecular weight is 412 g/mol. The molecule has 0 aliphatic carbocycles. The molecule has 0 saturated carbocycles. The molecule has 1 unspecified atom stereocenters. The third kappa shape index (κ3) is 4.04. The third-order valence-corrected chi connectivity index (χ3v) is 5.64.